The summed E-state index contributed by atoms with van der Waals surface area (Å²) < 4.78 is 5.90. The maximum atomic E-state index is 10.9. The van der Waals surface area contributed by atoms with Gasteiger partial charge in [0.1, 0.15) is 11.3 Å². The van der Waals surface area contributed by atoms with Crippen LogP contribution < -0.4 is 0 Å². The van der Waals surface area contributed by atoms with Crippen molar-refractivity contribution >= 4 is 28.7 Å². The van der Waals surface area contributed by atoms with Crippen LogP contribution in [-0.2, 0) is 0 Å². The normalized spacial score (nSPS) is 12.5. The zero-order valence-corrected chi connectivity index (χ0v) is 17.1. The van der Waals surface area contributed by atoms with Gasteiger partial charge in [0, 0.05) is 29.5 Å². The second-order valence-corrected chi connectivity index (χ2v) is 7.36. The van der Waals surface area contributed by atoms with Crippen molar-refractivity contribution in [3.05, 3.63) is 81.9 Å². The lowest BCUT2D eigenvalue weighted by Crippen LogP contribution is -1.90. The molecule has 0 aliphatic heterocycles. The number of aromatic hydroxyl groups is 1. The molecule has 1 atom stereocenters. The molecule has 0 aliphatic carbocycles. The molecule has 1 N–H and O–H groups in total. The van der Waals surface area contributed by atoms with E-state index in [1.165, 1.54) is 30.0 Å². The molecular formula is C24H21N3O4. The van der Waals surface area contributed by atoms with Crippen LogP contribution in [0.4, 0.5) is 11.4 Å². The molecular weight excluding hydrogens is 394 g/mol. The third-order valence-corrected chi connectivity index (χ3v) is 5.28. The number of hydrogen-bond donors (Lipinski definition) is 1. The molecule has 0 radical (unpaired) electrons. The number of aromatic nitrogens is 1. The smallest absolute Gasteiger partial charge is 0.270 e. The van der Waals surface area contributed by atoms with E-state index in [2.05, 4.69) is 36.0 Å². The molecule has 7 nitrogen and oxygen atoms in total. The van der Waals surface area contributed by atoms with Gasteiger partial charge in [-0.25, -0.2) is 4.98 Å². The number of phenols is 1. The van der Waals surface area contributed by atoms with Gasteiger partial charge in [-0.3, -0.25) is 15.1 Å². The van der Waals surface area contributed by atoms with Gasteiger partial charge < -0.3 is 9.52 Å². The van der Waals surface area contributed by atoms with E-state index in [0.717, 1.165) is 23.1 Å². The summed E-state index contributed by atoms with van der Waals surface area (Å²) in [6, 6.07) is 17.2. The SMILES string of the molecule is CCC(C)c1ccc2oc(-c3ccc(N=Cc4cc([N+](=O)[O-])ccc4O)cc3)nc2c1. The topological polar surface area (TPSA) is 102 Å². The van der Waals surface area contributed by atoms with Crippen molar-refractivity contribution < 1.29 is 14.4 Å². The molecule has 0 amide bonds. The van der Waals surface area contributed by atoms with Crippen LogP contribution in [0.25, 0.3) is 22.6 Å². The summed E-state index contributed by atoms with van der Waals surface area (Å²) in [6.07, 6.45) is 2.46. The molecule has 0 aliphatic rings. The molecule has 4 rings (SSSR count). The molecule has 4 aromatic rings. The number of fused-ring (bicyclic) bond motifs is 1. The molecule has 0 saturated heterocycles. The van der Waals surface area contributed by atoms with Crippen LogP contribution in [0.2, 0.25) is 0 Å². The fourth-order valence-corrected chi connectivity index (χ4v) is 3.20. The first-order valence-corrected chi connectivity index (χ1v) is 9.97. The van der Waals surface area contributed by atoms with Crippen LogP contribution in [0.3, 0.4) is 0 Å². The number of nitrogens with zero attached hydrogens (tertiary/aromatic N) is 3. The van der Waals surface area contributed by atoms with Crippen LogP contribution in [0, 0.1) is 10.1 Å². The highest BCUT2D eigenvalue weighted by atomic mass is 16.6. The van der Waals surface area contributed by atoms with Crippen LogP contribution >= 0.6 is 0 Å². The Hall–Kier alpha value is -4.00. The molecule has 3 aromatic carbocycles. The fourth-order valence-electron chi connectivity index (χ4n) is 3.20. The highest BCUT2D eigenvalue weighted by molar-refractivity contribution is 5.86. The lowest BCUT2D eigenvalue weighted by molar-refractivity contribution is -0.384. The van der Waals surface area contributed by atoms with Crippen molar-refractivity contribution in [1.29, 1.82) is 0 Å². The van der Waals surface area contributed by atoms with E-state index < -0.39 is 4.92 Å². The first-order chi connectivity index (χ1) is 14.9. The van der Waals surface area contributed by atoms with Crippen molar-refractivity contribution in [3.8, 4) is 17.2 Å². The quantitative estimate of drug-likeness (QED) is 0.224. The van der Waals surface area contributed by atoms with E-state index >= 15 is 0 Å². The first kappa shape index (κ1) is 20.3. The minimum absolute atomic E-state index is 0.0748. The predicted octanol–water partition coefficient (Wildman–Crippen LogP) is 6.37. The molecule has 1 heterocycles. The summed E-state index contributed by atoms with van der Waals surface area (Å²) in [5, 5.41) is 20.8. The number of nitro groups is 1. The Morgan fingerprint density at radius 3 is 2.65 bits per heavy atom. The minimum atomic E-state index is -0.516. The Balaban J connectivity index is 1.56. The second kappa shape index (κ2) is 8.39. The van der Waals surface area contributed by atoms with Crippen LogP contribution in [0.5, 0.6) is 5.75 Å². The van der Waals surface area contributed by atoms with Gasteiger partial charge in [0.15, 0.2) is 5.58 Å². The van der Waals surface area contributed by atoms with Crippen LogP contribution in [0.1, 0.15) is 37.3 Å². The van der Waals surface area contributed by atoms with E-state index in [1.807, 2.05) is 18.2 Å². The molecule has 7 heteroatoms. The fraction of sp³-hybridized carbons (Fsp3) is 0.167. The number of hydrogen-bond acceptors (Lipinski definition) is 6. The molecule has 1 unspecified atom stereocenters. The molecule has 156 valence electrons. The van der Waals surface area contributed by atoms with E-state index in [9.17, 15) is 15.2 Å². The van der Waals surface area contributed by atoms with Crippen molar-refractivity contribution in [2.75, 3.05) is 0 Å². The van der Waals surface area contributed by atoms with Gasteiger partial charge in [-0.05, 0) is 60.4 Å². The molecule has 0 spiro atoms. The average molecular weight is 415 g/mol. The summed E-state index contributed by atoms with van der Waals surface area (Å²) in [6.45, 7) is 4.35. The van der Waals surface area contributed by atoms with Gasteiger partial charge in [0.25, 0.3) is 5.69 Å². The van der Waals surface area contributed by atoms with E-state index in [0.29, 0.717) is 17.5 Å². The third-order valence-electron chi connectivity index (χ3n) is 5.28. The highest BCUT2D eigenvalue weighted by Gasteiger charge is 2.11. The Labute approximate surface area is 178 Å². The van der Waals surface area contributed by atoms with Gasteiger partial charge >= 0.3 is 0 Å². The lowest BCUT2D eigenvalue weighted by Gasteiger charge is -2.07. The molecule has 31 heavy (non-hydrogen) atoms. The summed E-state index contributed by atoms with van der Waals surface area (Å²) in [4.78, 5) is 19.3. The maximum Gasteiger partial charge on any atom is 0.270 e. The number of oxazole rings is 1. The first-order valence-electron chi connectivity index (χ1n) is 9.97. The second-order valence-electron chi connectivity index (χ2n) is 7.36. The average Bonchev–Trinajstić information content (AvgIpc) is 3.21. The van der Waals surface area contributed by atoms with Crippen molar-refractivity contribution in [2.45, 2.75) is 26.2 Å². The van der Waals surface area contributed by atoms with E-state index in [1.54, 1.807) is 12.1 Å². The number of nitro benzene ring substituents is 1. The summed E-state index contributed by atoms with van der Waals surface area (Å²) in [5.41, 5.74) is 4.42. The minimum Gasteiger partial charge on any atom is -0.507 e. The van der Waals surface area contributed by atoms with Gasteiger partial charge in [-0.15, -0.1) is 0 Å². The lowest BCUT2D eigenvalue weighted by atomic mass is 9.98. The summed E-state index contributed by atoms with van der Waals surface area (Å²) >= 11 is 0. The van der Waals surface area contributed by atoms with Gasteiger partial charge in [0.2, 0.25) is 5.89 Å². The molecule has 0 bridgehead atoms. The van der Waals surface area contributed by atoms with Crippen molar-refractivity contribution in [3.63, 3.8) is 0 Å². The Morgan fingerprint density at radius 2 is 1.94 bits per heavy atom. The molecule has 0 saturated carbocycles. The standard InChI is InChI=1S/C24H21N3O4/c1-3-15(2)17-6-11-23-21(13-17)26-24(31-23)16-4-7-19(8-5-16)25-14-18-12-20(27(29)30)9-10-22(18)28/h4-15,28H,3H2,1-2H3. The predicted molar refractivity (Wildman–Crippen MR) is 120 cm³/mol. The van der Waals surface area contributed by atoms with E-state index in [-0.39, 0.29) is 17.0 Å². The molecule has 1 aromatic heterocycles. The number of benzene rings is 3. The number of rotatable bonds is 6. The van der Waals surface area contributed by atoms with Gasteiger partial charge in [0.05, 0.1) is 10.6 Å². The monoisotopic (exact) mass is 415 g/mol. The van der Waals surface area contributed by atoms with E-state index in [4.69, 9.17) is 4.42 Å². The van der Waals surface area contributed by atoms with Crippen LogP contribution in [-0.4, -0.2) is 21.2 Å². The number of aliphatic imine (C=N–C) groups is 1. The van der Waals surface area contributed by atoms with Crippen molar-refractivity contribution in [2.24, 2.45) is 4.99 Å². The number of non-ortho nitro benzene ring substituents is 1. The summed E-state index contributed by atoms with van der Waals surface area (Å²) in [7, 11) is 0. The van der Waals surface area contributed by atoms with Crippen molar-refractivity contribution in [1.82, 2.24) is 4.98 Å². The Kier molecular flexibility index (Phi) is 5.49. The highest BCUT2D eigenvalue weighted by Crippen LogP contribution is 2.29. The molecule has 0 fully saturated rings. The third kappa shape index (κ3) is 4.30. The van der Waals surface area contributed by atoms with Crippen LogP contribution in [0.15, 0.2) is 70.1 Å². The van der Waals surface area contributed by atoms with Gasteiger partial charge in [-0.2, -0.15) is 0 Å². The summed E-state index contributed by atoms with van der Waals surface area (Å²) in [5.74, 6) is 0.921. The maximum absolute atomic E-state index is 10.9. The van der Waals surface area contributed by atoms with Gasteiger partial charge in [-0.1, -0.05) is 19.9 Å². The largest absolute Gasteiger partial charge is 0.507 e. The Bertz CT molecular complexity index is 1280. The zero-order valence-electron chi connectivity index (χ0n) is 17.1. The number of phenolic OH excluding ortho intramolecular Hbond substituents is 1. The Morgan fingerprint density at radius 1 is 1.16 bits per heavy atom. The zero-order chi connectivity index (χ0) is 22.0.